The molecule has 0 unspecified atom stereocenters. The summed E-state index contributed by atoms with van der Waals surface area (Å²) in [6.45, 7) is 27.6. The highest BCUT2D eigenvalue weighted by molar-refractivity contribution is 7.88. The molecule has 142 heavy (non-hydrogen) atoms. The second-order valence-corrected chi connectivity index (χ2v) is 39.7. The number of likely N-dealkylation sites (tertiary alicyclic amines) is 3. The first-order valence-corrected chi connectivity index (χ1v) is 47.6. The van der Waals surface area contributed by atoms with Crippen molar-refractivity contribution < 1.29 is 87.4 Å². The zero-order valence-electron chi connectivity index (χ0n) is 77.8. The third-order valence-electron chi connectivity index (χ3n) is 21.3. The van der Waals surface area contributed by atoms with Gasteiger partial charge in [-0.25, -0.2) is 29.3 Å². The van der Waals surface area contributed by atoms with E-state index in [4.69, 9.17) is 108 Å². The van der Waals surface area contributed by atoms with Crippen LogP contribution in [0.15, 0.2) is 151 Å². The van der Waals surface area contributed by atoms with Gasteiger partial charge in [0.05, 0.1) is 60.7 Å². The summed E-state index contributed by atoms with van der Waals surface area (Å²) in [5.41, 5.74) is 6.62. The summed E-state index contributed by atoms with van der Waals surface area (Å²) in [6, 6.07) is 34.0. The molecule has 3 amide bonds. The number of hydrogen-bond donors (Lipinski definition) is 3. The van der Waals surface area contributed by atoms with Gasteiger partial charge in [0, 0.05) is 98.5 Å². The first-order chi connectivity index (χ1) is 65.8. The number of hydrogen-bond acceptors (Lipinski definition) is 31. The van der Waals surface area contributed by atoms with Crippen LogP contribution in [0.2, 0.25) is 30.1 Å². The highest BCUT2D eigenvalue weighted by Crippen LogP contribution is 2.40. The van der Waals surface area contributed by atoms with Crippen molar-refractivity contribution in [3.8, 4) is 34.5 Å². The van der Waals surface area contributed by atoms with Gasteiger partial charge >= 0.3 is 45.8 Å². The Bertz CT molecular complexity index is 6940. The molecule has 0 spiro atoms. The number of ether oxygens (including phenoxy) is 5. The number of nitrogen functional groups attached to an aromatic ring is 1. The van der Waals surface area contributed by atoms with E-state index in [-0.39, 0.29) is 97.6 Å². The molecule has 13 aromatic rings. The van der Waals surface area contributed by atoms with Gasteiger partial charge in [0.1, 0.15) is 40.1 Å². The number of anilines is 1. The van der Waals surface area contributed by atoms with E-state index in [2.05, 4.69) is 59.9 Å². The van der Waals surface area contributed by atoms with Crippen molar-refractivity contribution in [1.29, 1.82) is 0 Å². The molecule has 13 heterocycles. The fourth-order valence-electron chi connectivity index (χ4n) is 14.8. The van der Waals surface area contributed by atoms with Gasteiger partial charge in [-0.1, -0.05) is 96.6 Å². The molecule has 4 fully saturated rings. The fourth-order valence-corrected chi connectivity index (χ4v) is 17.0. The third kappa shape index (κ3) is 30.7. The van der Waals surface area contributed by atoms with Crippen LogP contribution < -0.4 is 41.4 Å². The number of halogens is 9. The first kappa shape index (κ1) is 111. The molecule has 9 aromatic heterocycles. The molecule has 0 atom stereocenters. The number of aromatic hydroxyl groups is 1. The van der Waals surface area contributed by atoms with Crippen molar-refractivity contribution in [2.24, 2.45) is 0 Å². The summed E-state index contributed by atoms with van der Waals surface area (Å²) in [5, 5.41) is 34.5. The number of piperidine rings is 4. The van der Waals surface area contributed by atoms with E-state index in [9.17, 15) is 65.1 Å². The molecule has 47 heteroatoms. The van der Waals surface area contributed by atoms with Crippen molar-refractivity contribution in [1.82, 2.24) is 84.0 Å². The Morgan fingerprint density at radius 3 is 1.25 bits per heavy atom. The van der Waals surface area contributed by atoms with Crippen molar-refractivity contribution in [2.45, 2.75) is 202 Å². The number of carbonyl (C=O) groups is 5. The number of aryl methyl sites for hydroxylation is 3. The number of fused-ring (bicyclic) bond motifs is 5. The lowest BCUT2D eigenvalue weighted by Crippen LogP contribution is -2.41. The summed E-state index contributed by atoms with van der Waals surface area (Å²) in [6.07, 6.45) is 4.76. The summed E-state index contributed by atoms with van der Waals surface area (Å²) in [4.78, 5) is 123. The average molecular weight is 2110 g/mol. The molecule has 760 valence electrons. The Labute approximate surface area is 843 Å². The normalized spacial score (nSPS) is 14.6. The maximum Gasteiger partial charge on any atom is 0.534 e. The number of aromatic nitrogens is 13. The number of alkyl halides is 3. The Morgan fingerprint density at radius 2 is 0.838 bits per heavy atom. The quantitative estimate of drug-likeness (QED) is 0.0270. The van der Waals surface area contributed by atoms with Crippen LogP contribution in [0.5, 0.6) is 23.3 Å². The number of esters is 2. The van der Waals surface area contributed by atoms with Crippen LogP contribution in [0.1, 0.15) is 199 Å². The van der Waals surface area contributed by atoms with Gasteiger partial charge in [-0.2, -0.15) is 65.5 Å². The number of nitrogens with one attached hydrogen (secondary N) is 1. The summed E-state index contributed by atoms with van der Waals surface area (Å²) in [7, 11) is -5.96. The Morgan fingerprint density at radius 1 is 0.465 bits per heavy atom. The monoisotopic (exact) mass is 2100 g/mol. The molecule has 0 radical (unpaired) electrons. The molecule has 4 aliphatic rings. The maximum absolute atomic E-state index is 12.7. The van der Waals surface area contributed by atoms with Crippen LogP contribution in [-0.4, -0.2) is 197 Å². The minimum atomic E-state index is -5.96. The topological polar surface area (TPSA) is 462 Å². The fraction of sp³-hybridized carbons (Fsp3) is 0.411. The molecule has 4 saturated heterocycles. The summed E-state index contributed by atoms with van der Waals surface area (Å²) < 4.78 is 104. The number of nitrogens with two attached hydrogens (primary N) is 1. The van der Waals surface area contributed by atoms with Crippen molar-refractivity contribution in [3.05, 3.63) is 229 Å². The second kappa shape index (κ2) is 47.5. The van der Waals surface area contributed by atoms with Crippen LogP contribution >= 0.6 is 69.6 Å². The van der Waals surface area contributed by atoms with E-state index in [0.29, 0.717) is 110 Å². The summed E-state index contributed by atoms with van der Waals surface area (Å²) >= 11 is 35.1. The van der Waals surface area contributed by atoms with Gasteiger partial charge in [-0.3, -0.25) is 24.0 Å². The van der Waals surface area contributed by atoms with Crippen LogP contribution in [0.3, 0.4) is 0 Å². The van der Waals surface area contributed by atoms with Crippen LogP contribution in [0.25, 0.3) is 50.4 Å². The number of nitrogens with zero attached hydrogens (tertiary/aromatic N) is 16. The Kier molecular flexibility index (Phi) is 37.2. The zero-order valence-corrected chi connectivity index (χ0v) is 83.1. The Hall–Kier alpha value is -12.6. The molecule has 4 aromatic carbocycles. The molecule has 0 aliphatic carbocycles. The molecule has 4 aliphatic heterocycles. The van der Waals surface area contributed by atoms with Gasteiger partial charge < -0.3 is 67.6 Å². The standard InChI is InChI=1S/C20H19N5O2.C18H21F3N4O6S.C17H22N4O4.C15H6Cl6O4.C14H22N4O2.C9H9NO.2CH4/c1-12-22-16-3-2-14(10-18(16)27-12)17-11-20(26)25-19(23-17)5-4-15(24-25)13-6-8-21-9-7-13;1-17(2,3)30-16(27)24-8-6-11(7-9-24)12-4-5-13-22-14(10-15(26)25(13)23-12)31-32(28,29)18(19,20)21;1-17(2,3)25-16(24)20-8-6-11(7-9-20)12-4-5-13-18-14(22)10-15(23)21(13)19-12;16-6-1-8(18)14(9(19)2-6)24-12(22)5-13(23)25-15-10(20)3-7(17)4-11(15)21;1-14(2,3)20-13(19)18-8-6-10(7-9-18)11-4-5-12(15)17-16-11;1-6-3-4-8-9(5-6)11-7(2)10-8;;/h2-5,10-11,13,21H,6-9H2,1H3;4-5,10-11H,6-9H2,1-3H3;4-5,10-11,22H,6-9H2,1-3H3;1-4H,5H2;4-5,10H,6-9H2,1-3H3,(H2,15,17);3-5H,1-2H3;2*1H4. The highest BCUT2D eigenvalue weighted by atomic mass is 35.5. The second-order valence-electron chi connectivity index (χ2n) is 35.7. The predicted molar refractivity (Wildman–Crippen MR) is 529 cm³/mol. The van der Waals surface area contributed by atoms with Crippen LogP contribution in [0.4, 0.5) is 33.4 Å². The molecule has 17 rings (SSSR count). The highest BCUT2D eigenvalue weighted by Gasteiger charge is 2.49. The zero-order chi connectivity index (χ0) is 102. The average Bonchev–Trinajstić information content (AvgIpc) is 1.15. The van der Waals surface area contributed by atoms with Gasteiger partial charge in [0.15, 0.2) is 51.4 Å². The van der Waals surface area contributed by atoms with Crippen molar-refractivity contribution >= 4 is 155 Å². The van der Waals surface area contributed by atoms with E-state index in [1.807, 2.05) is 123 Å². The largest absolute Gasteiger partial charge is 0.534 e. The number of benzene rings is 4. The van der Waals surface area contributed by atoms with Crippen molar-refractivity contribution in [3.63, 3.8) is 0 Å². The lowest BCUT2D eigenvalue weighted by Gasteiger charge is -2.33. The van der Waals surface area contributed by atoms with Gasteiger partial charge in [-0.15, -0.1) is 5.10 Å². The number of amides is 3. The minimum absolute atomic E-state index is 0. The maximum atomic E-state index is 12.7. The van der Waals surface area contributed by atoms with Gasteiger partial charge in [0.25, 0.3) is 16.7 Å². The smallest absolute Gasteiger partial charge is 0.493 e. The molecular weight excluding hydrogens is 2000 g/mol. The first-order valence-electron chi connectivity index (χ1n) is 43.9. The van der Waals surface area contributed by atoms with Gasteiger partial charge in [0.2, 0.25) is 11.8 Å². The predicted octanol–water partition coefficient (Wildman–Crippen LogP) is 19.4. The van der Waals surface area contributed by atoms with E-state index in [1.54, 1.807) is 47.6 Å². The minimum Gasteiger partial charge on any atom is -0.493 e. The molecule has 0 saturated carbocycles. The number of oxazole rings is 2. The number of carbonyl (C=O) groups excluding carboxylic acids is 5. The molecular formula is C95H107Cl6F3N18O19S. The van der Waals surface area contributed by atoms with E-state index >= 15 is 0 Å². The third-order valence-corrected chi connectivity index (χ3v) is 23.8. The summed E-state index contributed by atoms with van der Waals surface area (Å²) in [5.74, 6) is -0.876. The molecule has 37 nitrogen and oxygen atoms in total. The SMILES string of the molecule is C.C.CC(C)(C)OC(=O)N1CCC(c2ccc(N)nn2)CC1.CC(C)(C)OC(=O)N1CCC(c2ccc3nc(O)cc(=O)n3n2)CC1.CC(C)(C)OC(=O)N1CCC(c2ccc3nc(OS(=O)(=O)C(F)(F)F)cc(=O)n3n2)CC1.Cc1ccc2nc(C)oc2c1.Cc1nc2ccc(-c3cc(=O)n4nc(C5CCNCC5)ccc4n3)cc2o1.O=C(CC(=O)Oc1c(Cl)cc(Cl)cc1Cl)Oc1c(Cl)cc(Cl)cc1Cl. The van der Waals surface area contributed by atoms with E-state index < -0.39 is 73.9 Å². The van der Waals surface area contributed by atoms with Crippen LogP contribution in [0, 0.1) is 20.8 Å². The van der Waals surface area contributed by atoms with E-state index in [0.717, 1.165) is 107 Å². The lowest BCUT2D eigenvalue weighted by atomic mass is 9.93. The van der Waals surface area contributed by atoms with Crippen LogP contribution in [-0.2, 0) is 33.9 Å². The van der Waals surface area contributed by atoms with Gasteiger partial charge in [-0.05, 0) is 236 Å². The lowest BCUT2D eigenvalue weighted by molar-refractivity contribution is -0.144. The Balaban J connectivity index is 0.000000178. The molecule has 0 bridgehead atoms. The van der Waals surface area contributed by atoms with E-state index in [1.165, 1.54) is 57.1 Å². The van der Waals surface area contributed by atoms with Crippen molar-refractivity contribution in [2.75, 3.05) is 58.1 Å². The number of rotatable bonds is 11. The molecule has 4 N–H and O–H groups in total.